The first-order valence-corrected chi connectivity index (χ1v) is 7.51. The van der Waals surface area contributed by atoms with Crippen molar-refractivity contribution in [3.63, 3.8) is 0 Å². The van der Waals surface area contributed by atoms with Crippen LogP contribution >= 0.6 is 27.7 Å². The lowest BCUT2D eigenvalue weighted by atomic mass is 10.1. The standard InChI is InChI=1S/C13H14BrFN2S/c1-7-5-9(11(15)6-10(7)14)12-8(2)13(18-4)17(3)16-12/h5-6H,1-4H3. The van der Waals surface area contributed by atoms with Gasteiger partial charge in [0, 0.05) is 22.6 Å². The summed E-state index contributed by atoms with van der Waals surface area (Å²) in [5, 5.41) is 5.48. The van der Waals surface area contributed by atoms with Crippen molar-refractivity contribution in [2.75, 3.05) is 6.26 Å². The number of hydrogen-bond donors (Lipinski definition) is 0. The summed E-state index contributed by atoms with van der Waals surface area (Å²) in [5.74, 6) is -0.249. The minimum atomic E-state index is -0.249. The fourth-order valence-electron chi connectivity index (χ4n) is 1.99. The molecule has 1 aromatic carbocycles. The van der Waals surface area contributed by atoms with Gasteiger partial charge in [0.1, 0.15) is 5.82 Å². The molecule has 1 heterocycles. The van der Waals surface area contributed by atoms with Crippen LogP contribution in [0.1, 0.15) is 11.1 Å². The van der Waals surface area contributed by atoms with Crippen LogP contribution in [0.4, 0.5) is 4.39 Å². The number of halogens is 2. The molecule has 96 valence electrons. The van der Waals surface area contributed by atoms with E-state index >= 15 is 0 Å². The van der Waals surface area contributed by atoms with E-state index in [-0.39, 0.29) is 5.82 Å². The molecule has 0 saturated carbocycles. The Balaban J connectivity index is 2.66. The van der Waals surface area contributed by atoms with E-state index in [1.54, 1.807) is 16.4 Å². The van der Waals surface area contributed by atoms with Gasteiger partial charge in [-0.3, -0.25) is 4.68 Å². The van der Waals surface area contributed by atoms with Gasteiger partial charge in [-0.2, -0.15) is 5.10 Å². The van der Waals surface area contributed by atoms with Crippen LogP contribution in [-0.2, 0) is 7.05 Å². The molecule has 2 aromatic rings. The monoisotopic (exact) mass is 328 g/mol. The van der Waals surface area contributed by atoms with Crippen molar-refractivity contribution >= 4 is 27.7 Å². The Bertz CT molecular complexity index is 608. The SMILES string of the molecule is CSc1c(C)c(-c2cc(C)c(Br)cc2F)nn1C. The Kier molecular flexibility index (Phi) is 3.82. The van der Waals surface area contributed by atoms with Gasteiger partial charge in [0.25, 0.3) is 0 Å². The summed E-state index contributed by atoms with van der Waals surface area (Å²) in [4.78, 5) is 0. The lowest BCUT2D eigenvalue weighted by molar-refractivity contribution is 0.628. The third-order valence-corrected chi connectivity index (χ3v) is 4.73. The average Bonchev–Trinajstić information content (AvgIpc) is 2.59. The van der Waals surface area contributed by atoms with Crippen molar-refractivity contribution in [1.82, 2.24) is 9.78 Å². The van der Waals surface area contributed by atoms with E-state index in [1.807, 2.05) is 33.2 Å². The molecule has 0 saturated heterocycles. The Morgan fingerprint density at radius 3 is 2.56 bits per heavy atom. The quantitative estimate of drug-likeness (QED) is 0.764. The van der Waals surface area contributed by atoms with Crippen molar-refractivity contribution in [3.05, 3.63) is 33.5 Å². The van der Waals surface area contributed by atoms with Crippen LogP contribution in [0.15, 0.2) is 21.6 Å². The molecule has 0 aliphatic heterocycles. The van der Waals surface area contributed by atoms with Crippen LogP contribution in [-0.4, -0.2) is 16.0 Å². The van der Waals surface area contributed by atoms with Gasteiger partial charge in [-0.05, 0) is 37.8 Å². The second-order valence-electron chi connectivity index (χ2n) is 4.19. The molecular formula is C13H14BrFN2S. The van der Waals surface area contributed by atoms with Crippen LogP contribution in [0.2, 0.25) is 0 Å². The van der Waals surface area contributed by atoms with Crippen LogP contribution < -0.4 is 0 Å². The van der Waals surface area contributed by atoms with Crippen LogP contribution in [0.5, 0.6) is 0 Å². The Morgan fingerprint density at radius 2 is 2.00 bits per heavy atom. The van der Waals surface area contributed by atoms with Gasteiger partial charge in [0.05, 0.1) is 10.7 Å². The molecular weight excluding hydrogens is 315 g/mol. The van der Waals surface area contributed by atoms with Crippen molar-refractivity contribution in [1.29, 1.82) is 0 Å². The third-order valence-electron chi connectivity index (χ3n) is 2.92. The summed E-state index contributed by atoms with van der Waals surface area (Å²) in [6, 6.07) is 3.33. The summed E-state index contributed by atoms with van der Waals surface area (Å²) in [6.45, 7) is 3.92. The molecule has 0 spiro atoms. The summed E-state index contributed by atoms with van der Waals surface area (Å²) in [6.07, 6.45) is 2.00. The molecule has 0 bridgehead atoms. The van der Waals surface area contributed by atoms with Crippen LogP contribution in [0, 0.1) is 19.7 Å². The molecule has 0 aliphatic rings. The largest absolute Gasteiger partial charge is 0.261 e. The first kappa shape index (κ1) is 13.6. The molecule has 5 heteroatoms. The van der Waals surface area contributed by atoms with E-state index in [0.29, 0.717) is 5.56 Å². The number of nitrogens with zero attached hydrogens (tertiary/aromatic N) is 2. The van der Waals surface area contributed by atoms with Crippen molar-refractivity contribution in [2.45, 2.75) is 18.9 Å². The fraction of sp³-hybridized carbons (Fsp3) is 0.308. The zero-order valence-electron chi connectivity index (χ0n) is 10.7. The van der Waals surface area contributed by atoms with Gasteiger partial charge < -0.3 is 0 Å². The second kappa shape index (κ2) is 5.05. The smallest absolute Gasteiger partial charge is 0.133 e. The zero-order chi connectivity index (χ0) is 13.4. The highest BCUT2D eigenvalue weighted by Gasteiger charge is 2.17. The van der Waals surface area contributed by atoms with Crippen LogP contribution in [0.25, 0.3) is 11.3 Å². The molecule has 2 nitrogen and oxygen atoms in total. The number of hydrogen-bond acceptors (Lipinski definition) is 2. The molecule has 0 amide bonds. The summed E-state index contributed by atoms with van der Waals surface area (Å²) in [5.41, 5.74) is 3.30. The van der Waals surface area contributed by atoms with E-state index in [0.717, 1.165) is 26.3 Å². The van der Waals surface area contributed by atoms with E-state index in [2.05, 4.69) is 21.0 Å². The lowest BCUT2D eigenvalue weighted by Gasteiger charge is -2.05. The summed E-state index contributed by atoms with van der Waals surface area (Å²) < 4.78 is 16.6. The van der Waals surface area contributed by atoms with E-state index < -0.39 is 0 Å². The Morgan fingerprint density at radius 1 is 1.33 bits per heavy atom. The first-order valence-electron chi connectivity index (χ1n) is 5.49. The Hall–Kier alpha value is -0.810. The molecule has 0 unspecified atom stereocenters. The number of aromatic nitrogens is 2. The normalized spacial score (nSPS) is 11.0. The first-order chi connectivity index (χ1) is 8.45. The molecule has 0 radical (unpaired) electrons. The number of aryl methyl sites for hydroxylation is 2. The van der Waals surface area contributed by atoms with E-state index in [4.69, 9.17) is 0 Å². The second-order valence-corrected chi connectivity index (χ2v) is 5.84. The van der Waals surface area contributed by atoms with Gasteiger partial charge in [-0.15, -0.1) is 11.8 Å². The highest BCUT2D eigenvalue weighted by atomic mass is 79.9. The van der Waals surface area contributed by atoms with Gasteiger partial charge in [-0.25, -0.2) is 4.39 Å². The predicted octanol–water partition coefficient (Wildman–Crippen LogP) is 4.33. The van der Waals surface area contributed by atoms with Gasteiger partial charge >= 0.3 is 0 Å². The van der Waals surface area contributed by atoms with Gasteiger partial charge in [0.2, 0.25) is 0 Å². The summed E-state index contributed by atoms with van der Waals surface area (Å²) in [7, 11) is 1.88. The highest BCUT2D eigenvalue weighted by molar-refractivity contribution is 9.10. The molecule has 2 rings (SSSR count). The molecule has 1 aromatic heterocycles. The molecule has 18 heavy (non-hydrogen) atoms. The molecule has 0 aliphatic carbocycles. The molecule has 0 N–H and O–H groups in total. The number of rotatable bonds is 2. The van der Waals surface area contributed by atoms with Crippen molar-refractivity contribution in [3.8, 4) is 11.3 Å². The average molecular weight is 329 g/mol. The maximum Gasteiger partial charge on any atom is 0.133 e. The predicted molar refractivity (Wildman–Crippen MR) is 77.6 cm³/mol. The van der Waals surface area contributed by atoms with E-state index in [1.165, 1.54) is 6.07 Å². The van der Waals surface area contributed by atoms with Gasteiger partial charge in [0.15, 0.2) is 0 Å². The fourth-order valence-corrected chi connectivity index (χ4v) is 3.02. The minimum absolute atomic E-state index is 0.249. The third kappa shape index (κ3) is 2.21. The minimum Gasteiger partial charge on any atom is -0.261 e. The number of benzene rings is 1. The van der Waals surface area contributed by atoms with Crippen molar-refractivity contribution in [2.24, 2.45) is 7.05 Å². The Labute approximate surface area is 119 Å². The van der Waals surface area contributed by atoms with E-state index in [9.17, 15) is 4.39 Å². The maximum absolute atomic E-state index is 14.1. The highest BCUT2D eigenvalue weighted by Crippen LogP contribution is 2.33. The number of thioether (sulfide) groups is 1. The molecule has 0 atom stereocenters. The zero-order valence-corrected chi connectivity index (χ0v) is 13.1. The van der Waals surface area contributed by atoms with Crippen molar-refractivity contribution < 1.29 is 4.39 Å². The summed E-state index contributed by atoms with van der Waals surface area (Å²) >= 11 is 4.95. The maximum atomic E-state index is 14.1. The van der Waals surface area contributed by atoms with Gasteiger partial charge in [-0.1, -0.05) is 15.9 Å². The molecule has 0 fully saturated rings. The topological polar surface area (TPSA) is 17.8 Å². The lowest BCUT2D eigenvalue weighted by Crippen LogP contribution is -1.93. The van der Waals surface area contributed by atoms with Crippen LogP contribution in [0.3, 0.4) is 0 Å².